The van der Waals surface area contributed by atoms with Crippen LogP contribution in [0.2, 0.25) is 0 Å². The van der Waals surface area contributed by atoms with Crippen LogP contribution in [0.5, 0.6) is 0 Å². The molecule has 0 aliphatic rings. The smallest absolute Gasteiger partial charge is 0.219 e. The van der Waals surface area contributed by atoms with Crippen LogP contribution in [-0.2, 0) is 4.79 Å². The third-order valence-corrected chi connectivity index (χ3v) is 5.16. The molecule has 0 rings (SSSR count). The fourth-order valence-electron chi connectivity index (χ4n) is 3.41. The van der Waals surface area contributed by atoms with Crippen LogP contribution in [0.15, 0.2) is 0 Å². The first-order valence-corrected chi connectivity index (χ1v) is 11.7. The topological polar surface area (TPSA) is 49.3 Å². The number of nitrogens with one attached hydrogen (secondary N) is 1. The Labute approximate surface area is 163 Å². The molecule has 156 valence electrons. The summed E-state index contributed by atoms with van der Waals surface area (Å²) < 4.78 is 0. The fraction of sp³-hybridized carbons (Fsp3) is 0.957. The van der Waals surface area contributed by atoms with Gasteiger partial charge < -0.3 is 10.4 Å². The molecule has 0 heterocycles. The molecule has 0 radical (unpaired) electrons. The number of hydrogen-bond donors (Lipinski definition) is 2. The number of carbonyl (C=O) groups excluding carboxylic acids is 1. The number of hydrogen-bond acceptors (Lipinski definition) is 2. The minimum Gasteiger partial charge on any atom is -0.396 e. The third kappa shape index (κ3) is 21.5. The van der Waals surface area contributed by atoms with Gasteiger partial charge in [0, 0.05) is 19.6 Å². The van der Waals surface area contributed by atoms with E-state index in [4.69, 9.17) is 5.11 Å². The zero-order valence-corrected chi connectivity index (χ0v) is 17.7. The van der Waals surface area contributed by atoms with Gasteiger partial charge in [0.15, 0.2) is 0 Å². The molecule has 0 atom stereocenters. The highest BCUT2D eigenvalue weighted by Gasteiger charge is 2.00. The zero-order valence-electron chi connectivity index (χ0n) is 17.7. The molecule has 0 fully saturated rings. The van der Waals surface area contributed by atoms with E-state index in [9.17, 15) is 4.79 Å². The quantitative estimate of drug-likeness (QED) is 0.226. The summed E-state index contributed by atoms with van der Waals surface area (Å²) in [5.41, 5.74) is 0. The van der Waals surface area contributed by atoms with E-state index < -0.39 is 0 Å². The Hall–Kier alpha value is -0.570. The summed E-state index contributed by atoms with van der Waals surface area (Å²) in [4.78, 5) is 11.5. The summed E-state index contributed by atoms with van der Waals surface area (Å²) in [6, 6.07) is 0. The molecule has 0 saturated carbocycles. The highest BCUT2D eigenvalue weighted by atomic mass is 16.3. The summed E-state index contributed by atoms with van der Waals surface area (Å²) in [5.74, 6) is 0.138. The lowest BCUT2D eigenvalue weighted by atomic mass is 10.0. The monoisotopic (exact) mass is 369 g/mol. The van der Waals surface area contributed by atoms with Gasteiger partial charge in [-0.15, -0.1) is 0 Å². The van der Waals surface area contributed by atoms with Crippen molar-refractivity contribution in [2.24, 2.45) is 0 Å². The van der Waals surface area contributed by atoms with Crippen molar-refractivity contribution < 1.29 is 9.90 Å². The molecule has 0 bridgehead atoms. The van der Waals surface area contributed by atoms with Gasteiger partial charge in [0.05, 0.1) is 0 Å². The number of carbonyl (C=O) groups is 1. The molecule has 0 aliphatic heterocycles. The predicted octanol–water partition coefficient (Wildman–Crippen LogP) is 6.53. The maximum absolute atomic E-state index is 11.5. The van der Waals surface area contributed by atoms with Crippen molar-refractivity contribution >= 4 is 5.91 Å². The van der Waals surface area contributed by atoms with Crippen LogP contribution >= 0.6 is 0 Å². The number of aliphatic hydroxyl groups excluding tert-OH is 1. The second kappa shape index (κ2) is 22.5. The Bertz CT molecular complexity index is 281. The van der Waals surface area contributed by atoms with E-state index in [1.54, 1.807) is 0 Å². The largest absolute Gasteiger partial charge is 0.396 e. The lowest BCUT2D eigenvalue weighted by molar-refractivity contribution is -0.121. The minimum absolute atomic E-state index is 0.138. The molecule has 0 unspecified atom stereocenters. The standard InChI is InChI=1S/C23H47NO2/c1-2-3-4-5-6-7-8-9-10-11-12-13-14-15-16-17-18-20-23(26)24-21-19-22-25/h25H,2-22H2,1H3,(H,24,26). The van der Waals surface area contributed by atoms with Crippen molar-refractivity contribution in [3.63, 3.8) is 0 Å². The van der Waals surface area contributed by atoms with Crippen molar-refractivity contribution in [3.8, 4) is 0 Å². The van der Waals surface area contributed by atoms with Gasteiger partial charge in [-0.05, 0) is 12.8 Å². The molecule has 0 aliphatic carbocycles. The minimum atomic E-state index is 0.138. The Morgan fingerprint density at radius 2 is 1.00 bits per heavy atom. The highest BCUT2D eigenvalue weighted by Crippen LogP contribution is 2.14. The van der Waals surface area contributed by atoms with Gasteiger partial charge in [0.1, 0.15) is 0 Å². The first kappa shape index (κ1) is 25.4. The highest BCUT2D eigenvalue weighted by molar-refractivity contribution is 5.75. The molecule has 0 aromatic rings. The zero-order chi connectivity index (χ0) is 19.1. The fourth-order valence-corrected chi connectivity index (χ4v) is 3.41. The van der Waals surface area contributed by atoms with Crippen LogP contribution < -0.4 is 5.32 Å². The summed E-state index contributed by atoms with van der Waals surface area (Å²) >= 11 is 0. The molecule has 3 nitrogen and oxygen atoms in total. The molecular weight excluding hydrogens is 322 g/mol. The maximum atomic E-state index is 11.5. The summed E-state index contributed by atoms with van der Waals surface area (Å²) in [5, 5.41) is 11.5. The molecule has 26 heavy (non-hydrogen) atoms. The van der Waals surface area contributed by atoms with E-state index in [0.717, 1.165) is 6.42 Å². The normalized spacial score (nSPS) is 11.0. The van der Waals surface area contributed by atoms with Crippen LogP contribution in [0, 0.1) is 0 Å². The van der Waals surface area contributed by atoms with E-state index in [0.29, 0.717) is 19.4 Å². The Kier molecular flexibility index (Phi) is 22.0. The van der Waals surface area contributed by atoms with Gasteiger partial charge in [-0.1, -0.05) is 110 Å². The van der Waals surface area contributed by atoms with Crippen LogP contribution in [-0.4, -0.2) is 24.2 Å². The second-order valence-corrected chi connectivity index (χ2v) is 7.83. The lowest BCUT2D eigenvalue weighted by Crippen LogP contribution is -2.24. The Morgan fingerprint density at radius 3 is 1.38 bits per heavy atom. The average Bonchev–Trinajstić information content (AvgIpc) is 2.64. The van der Waals surface area contributed by atoms with Gasteiger partial charge in [-0.3, -0.25) is 4.79 Å². The van der Waals surface area contributed by atoms with Gasteiger partial charge >= 0.3 is 0 Å². The van der Waals surface area contributed by atoms with E-state index in [1.807, 2.05) is 0 Å². The van der Waals surface area contributed by atoms with Crippen LogP contribution in [0.3, 0.4) is 0 Å². The molecule has 3 heteroatoms. The number of rotatable bonds is 21. The first-order chi connectivity index (χ1) is 12.8. The first-order valence-electron chi connectivity index (χ1n) is 11.7. The predicted molar refractivity (Wildman–Crippen MR) is 113 cm³/mol. The van der Waals surface area contributed by atoms with Crippen LogP contribution in [0.25, 0.3) is 0 Å². The van der Waals surface area contributed by atoms with E-state index in [1.165, 1.54) is 103 Å². The maximum Gasteiger partial charge on any atom is 0.219 e. The van der Waals surface area contributed by atoms with Gasteiger partial charge in [0.2, 0.25) is 5.91 Å². The average molecular weight is 370 g/mol. The van der Waals surface area contributed by atoms with Gasteiger partial charge in [-0.25, -0.2) is 0 Å². The molecular formula is C23H47NO2. The van der Waals surface area contributed by atoms with Crippen molar-refractivity contribution in [1.82, 2.24) is 5.32 Å². The third-order valence-electron chi connectivity index (χ3n) is 5.16. The van der Waals surface area contributed by atoms with Crippen LogP contribution in [0.1, 0.15) is 129 Å². The Morgan fingerprint density at radius 1 is 0.615 bits per heavy atom. The summed E-state index contributed by atoms with van der Waals surface area (Å²) in [7, 11) is 0. The summed E-state index contributed by atoms with van der Waals surface area (Å²) in [6.07, 6.45) is 24.5. The molecule has 1 amide bonds. The van der Waals surface area contributed by atoms with Crippen LogP contribution in [0.4, 0.5) is 0 Å². The second-order valence-electron chi connectivity index (χ2n) is 7.83. The molecule has 0 aromatic carbocycles. The van der Waals surface area contributed by atoms with Crippen molar-refractivity contribution in [2.75, 3.05) is 13.2 Å². The van der Waals surface area contributed by atoms with Gasteiger partial charge in [-0.2, -0.15) is 0 Å². The van der Waals surface area contributed by atoms with E-state index >= 15 is 0 Å². The van der Waals surface area contributed by atoms with Crippen molar-refractivity contribution in [3.05, 3.63) is 0 Å². The summed E-state index contributed by atoms with van der Waals surface area (Å²) in [6.45, 7) is 3.04. The number of amides is 1. The van der Waals surface area contributed by atoms with Crippen molar-refractivity contribution in [1.29, 1.82) is 0 Å². The molecule has 0 spiro atoms. The van der Waals surface area contributed by atoms with E-state index in [2.05, 4.69) is 12.2 Å². The van der Waals surface area contributed by atoms with Gasteiger partial charge in [0.25, 0.3) is 0 Å². The molecule has 0 saturated heterocycles. The van der Waals surface area contributed by atoms with Crippen molar-refractivity contribution in [2.45, 2.75) is 129 Å². The SMILES string of the molecule is CCCCCCCCCCCCCCCCCCCC(=O)NCCCO. The number of unbranched alkanes of at least 4 members (excludes halogenated alkanes) is 16. The lowest BCUT2D eigenvalue weighted by Gasteiger charge is -2.05. The van der Waals surface area contributed by atoms with E-state index in [-0.39, 0.29) is 12.5 Å². The number of aliphatic hydroxyl groups is 1. The Balaban J connectivity index is 3.06. The molecule has 0 aromatic heterocycles. The molecule has 2 N–H and O–H groups in total.